The number of anilines is 1. The Kier molecular flexibility index (Phi) is 4.70. The molecule has 7 heteroatoms. The maximum Gasteiger partial charge on any atom is 0.352 e. The van der Waals surface area contributed by atoms with Gasteiger partial charge in [-0.25, -0.2) is 9.59 Å². The van der Waals surface area contributed by atoms with Crippen LogP contribution >= 0.6 is 0 Å². The van der Waals surface area contributed by atoms with Gasteiger partial charge in [0.05, 0.1) is 24.8 Å². The van der Waals surface area contributed by atoms with Crippen LogP contribution in [-0.2, 0) is 16.0 Å². The van der Waals surface area contributed by atoms with E-state index in [1.54, 1.807) is 42.5 Å². The van der Waals surface area contributed by atoms with Crippen molar-refractivity contribution in [3.8, 4) is 0 Å². The summed E-state index contributed by atoms with van der Waals surface area (Å²) in [5.41, 5.74) is 1.54. The lowest BCUT2D eigenvalue weighted by molar-refractivity contribution is -0.115. The number of aromatic amines is 1. The average molecular weight is 352 g/mol. The van der Waals surface area contributed by atoms with Gasteiger partial charge in [0.15, 0.2) is 0 Å². The van der Waals surface area contributed by atoms with Crippen molar-refractivity contribution in [1.82, 2.24) is 4.98 Å². The maximum absolute atomic E-state index is 12.5. The molecule has 0 unspecified atom stereocenters. The lowest BCUT2D eigenvalue weighted by atomic mass is 10.1. The number of H-pyrrole nitrogens is 1. The van der Waals surface area contributed by atoms with Gasteiger partial charge in [-0.15, -0.1) is 0 Å². The fraction of sp³-hybridized carbons (Fsp3) is 0.105. The summed E-state index contributed by atoms with van der Waals surface area (Å²) in [5.74, 6) is -2.15. The first-order valence-corrected chi connectivity index (χ1v) is 7.81. The molecule has 0 atom stereocenters. The van der Waals surface area contributed by atoms with Gasteiger partial charge in [0.1, 0.15) is 5.69 Å². The van der Waals surface area contributed by atoms with Crippen LogP contribution in [0.15, 0.2) is 48.5 Å². The van der Waals surface area contributed by atoms with Gasteiger partial charge >= 0.3 is 11.9 Å². The Hall–Kier alpha value is -3.61. The SMILES string of the molecule is COC(=O)c1ccccc1NC(=O)Cc1c(C(=O)O)[nH]c2ccccc12. The molecule has 1 amide bonds. The van der Waals surface area contributed by atoms with Crippen molar-refractivity contribution in [2.24, 2.45) is 0 Å². The number of nitrogens with one attached hydrogen (secondary N) is 2. The number of hydrogen-bond donors (Lipinski definition) is 3. The Morgan fingerprint density at radius 3 is 2.50 bits per heavy atom. The maximum atomic E-state index is 12.5. The Morgan fingerprint density at radius 2 is 1.77 bits per heavy atom. The number of aromatic nitrogens is 1. The molecule has 0 bridgehead atoms. The van der Waals surface area contributed by atoms with Crippen LogP contribution in [0.1, 0.15) is 26.4 Å². The lowest BCUT2D eigenvalue weighted by Crippen LogP contribution is -2.18. The lowest BCUT2D eigenvalue weighted by Gasteiger charge is -2.09. The molecule has 0 aliphatic heterocycles. The van der Waals surface area contributed by atoms with Crippen LogP contribution in [0, 0.1) is 0 Å². The molecule has 0 saturated heterocycles. The van der Waals surface area contributed by atoms with Crippen LogP contribution in [0.5, 0.6) is 0 Å². The molecule has 132 valence electrons. The summed E-state index contributed by atoms with van der Waals surface area (Å²) in [6, 6.07) is 13.5. The fourth-order valence-corrected chi connectivity index (χ4v) is 2.80. The summed E-state index contributed by atoms with van der Waals surface area (Å²) >= 11 is 0. The average Bonchev–Trinajstić information content (AvgIpc) is 3.00. The largest absolute Gasteiger partial charge is 0.477 e. The number of carbonyl (C=O) groups is 3. The number of rotatable bonds is 5. The minimum atomic E-state index is -1.14. The molecule has 7 nitrogen and oxygen atoms in total. The number of benzene rings is 2. The highest BCUT2D eigenvalue weighted by Crippen LogP contribution is 2.24. The van der Waals surface area contributed by atoms with E-state index in [9.17, 15) is 19.5 Å². The second-order valence-electron chi connectivity index (χ2n) is 5.59. The first kappa shape index (κ1) is 17.2. The number of methoxy groups -OCH3 is 1. The quantitative estimate of drug-likeness (QED) is 0.612. The van der Waals surface area contributed by atoms with Crippen LogP contribution in [0.2, 0.25) is 0 Å². The van der Waals surface area contributed by atoms with Gasteiger partial charge in [0.2, 0.25) is 5.91 Å². The van der Waals surface area contributed by atoms with E-state index in [0.29, 0.717) is 22.2 Å². The molecule has 3 aromatic rings. The minimum Gasteiger partial charge on any atom is -0.477 e. The van der Waals surface area contributed by atoms with E-state index in [0.717, 1.165) is 0 Å². The smallest absolute Gasteiger partial charge is 0.352 e. The molecule has 0 aliphatic rings. The summed E-state index contributed by atoms with van der Waals surface area (Å²) in [5, 5.41) is 12.7. The molecule has 2 aromatic carbocycles. The Bertz CT molecular complexity index is 1010. The topological polar surface area (TPSA) is 108 Å². The van der Waals surface area contributed by atoms with Crippen LogP contribution in [0.4, 0.5) is 5.69 Å². The number of carboxylic acid groups (broad SMARTS) is 1. The summed E-state index contributed by atoms with van der Waals surface area (Å²) in [6.45, 7) is 0. The van der Waals surface area contributed by atoms with Gasteiger partial charge in [0, 0.05) is 16.5 Å². The third-order valence-corrected chi connectivity index (χ3v) is 3.97. The molecule has 0 saturated carbocycles. The van der Waals surface area contributed by atoms with Crippen molar-refractivity contribution < 1.29 is 24.2 Å². The monoisotopic (exact) mass is 352 g/mol. The molecule has 0 fully saturated rings. The predicted octanol–water partition coefficient (Wildman–Crippen LogP) is 2.83. The van der Waals surface area contributed by atoms with Gasteiger partial charge in [-0.3, -0.25) is 4.79 Å². The van der Waals surface area contributed by atoms with Crippen LogP contribution in [0.25, 0.3) is 10.9 Å². The van der Waals surface area contributed by atoms with Crippen molar-refractivity contribution >= 4 is 34.4 Å². The van der Waals surface area contributed by atoms with E-state index in [-0.39, 0.29) is 17.7 Å². The number of hydrogen-bond acceptors (Lipinski definition) is 4. The summed E-state index contributed by atoms with van der Waals surface area (Å²) in [4.78, 5) is 38.6. The highest BCUT2D eigenvalue weighted by Gasteiger charge is 2.20. The standard InChI is InChI=1S/C19H16N2O5/c1-26-19(25)12-7-3-5-9-15(12)20-16(22)10-13-11-6-2-4-8-14(11)21-17(13)18(23)24/h2-9,21H,10H2,1H3,(H,20,22)(H,23,24). The van der Waals surface area contributed by atoms with Crippen molar-refractivity contribution in [2.45, 2.75) is 6.42 Å². The number of fused-ring (bicyclic) bond motifs is 1. The minimum absolute atomic E-state index is 0.0254. The Balaban J connectivity index is 1.90. The van der Waals surface area contributed by atoms with Gasteiger partial charge in [0.25, 0.3) is 0 Å². The Morgan fingerprint density at radius 1 is 1.08 bits per heavy atom. The number of carbonyl (C=O) groups excluding carboxylic acids is 2. The van der Waals surface area contributed by atoms with Crippen LogP contribution in [0.3, 0.4) is 0 Å². The summed E-state index contributed by atoms with van der Waals surface area (Å²) < 4.78 is 4.70. The first-order valence-electron chi connectivity index (χ1n) is 7.81. The highest BCUT2D eigenvalue weighted by molar-refractivity contribution is 6.05. The molecule has 0 radical (unpaired) electrons. The summed E-state index contributed by atoms with van der Waals surface area (Å²) in [6.07, 6.45) is -0.152. The van der Waals surface area contributed by atoms with Crippen molar-refractivity contribution in [1.29, 1.82) is 0 Å². The molecule has 1 aromatic heterocycles. The highest BCUT2D eigenvalue weighted by atomic mass is 16.5. The third kappa shape index (κ3) is 3.27. The van der Waals surface area contributed by atoms with E-state index >= 15 is 0 Å². The van der Waals surface area contributed by atoms with E-state index < -0.39 is 17.8 Å². The van der Waals surface area contributed by atoms with Crippen molar-refractivity contribution in [3.05, 3.63) is 65.4 Å². The number of carboxylic acids is 1. The summed E-state index contributed by atoms with van der Waals surface area (Å²) in [7, 11) is 1.26. The molecule has 1 heterocycles. The molecule has 3 rings (SSSR count). The fourth-order valence-electron chi connectivity index (χ4n) is 2.80. The zero-order valence-corrected chi connectivity index (χ0v) is 13.9. The van der Waals surface area contributed by atoms with Crippen molar-refractivity contribution in [2.75, 3.05) is 12.4 Å². The van der Waals surface area contributed by atoms with E-state index in [4.69, 9.17) is 4.74 Å². The molecule has 0 aliphatic carbocycles. The van der Waals surface area contributed by atoms with Gasteiger partial charge in [-0.05, 0) is 18.2 Å². The molecule has 3 N–H and O–H groups in total. The zero-order valence-electron chi connectivity index (χ0n) is 13.9. The molecule has 0 spiro atoms. The van der Waals surface area contributed by atoms with Gasteiger partial charge in [-0.2, -0.15) is 0 Å². The number of aromatic carboxylic acids is 1. The van der Waals surface area contributed by atoms with E-state index in [2.05, 4.69) is 10.3 Å². The van der Waals surface area contributed by atoms with Crippen LogP contribution < -0.4 is 5.32 Å². The van der Waals surface area contributed by atoms with E-state index in [1.807, 2.05) is 0 Å². The van der Waals surface area contributed by atoms with Gasteiger partial charge in [-0.1, -0.05) is 30.3 Å². The predicted molar refractivity (Wildman–Crippen MR) is 95.4 cm³/mol. The van der Waals surface area contributed by atoms with E-state index in [1.165, 1.54) is 13.2 Å². The van der Waals surface area contributed by atoms with Crippen molar-refractivity contribution in [3.63, 3.8) is 0 Å². The molecular weight excluding hydrogens is 336 g/mol. The van der Waals surface area contributed by atoms with Crippen LogP contribution in [-0.4, -0.2) is 35.0 Å². The molecule has 26 heavy (non-hydrogen) atoms. The number of ether oxygens (including phenoxy) is 1. The number of para-hydroxylation sites is 2. The zero-order chi connectivity index (χ0) is 18.7. The Labute approximate surface area is 148 Å². The second kappa shape index (κ2) is 7.10. The number of amides is 1. The normalized spacial score (nSPS) is 10.5. The second-order valence-corrected chi connectivity index (χ2v) is 5.59. The third-order valence-electron chi connectivity index (χ3n) is 3.97. The molecular formula is C19H16N2O5. The first-order chi connectivity index (χ1) is 12.5. The number of esters is 1. The van der Waals surface area contributed by atoms with Gasteiger partial charge < -0.3 is 20.1 Å².